The number of nitrogens with zero attached hydrogens (tertiary/aromatic N) is 4. The maximum absolute atomic E-state index is 13.1. The Kier molecular flexibility index (Phi) is 9.20. The molecule has 2 aromatic heterocycles. The molecule has 0 radical (unpaired) electrons. The van der Waals surface area contributed by atoms with E-state index >= 15 is 0 Å². The number of aromatic nitrogens is 2. The van der Waals surface area contributed by atoms with E-state index in [1.165, 1.54) is 31.0 Å². The van der Waals surface area contributed by atoms with Gasteiger partial charge in [-0.05, 0) is 13.8 Å². The summed E-state index contributed by atoms with van der Waals surface area (Å²) in [7, 11) is 0. The molecule has 4 heterocycles. The summed E-state index contributed by atoms with van der Waals surface area (Å²) in [5.41, 5.74) is 3.83. The van der Waals surface area contributed by atoms with E-state index < -0.39 is 40.8 Å². The molecule has 0 saturated carbocycles. The Morgan fingerprint density at radius 2 is 2.03 bits per heavy atom. The number of thiazole rings is 1. The van der Waals surface area contributed by atoms with Gasteiger partial charge in [-0.3, -0.25) is 14.5 Å². The van der Waals surface area contributed by atoms with Gasteiger partial charge in [-0.25, -0.2) is 14.3 Å². The van der Waals surface area contributed by atoms with Crippen molar-refractivity contribution in [2.24, 2.45) is 5.16 Å². The number of rotatable bonds is 9. The van der Waals surface area contributed by atoms with E-state index in [1.54, 1.807) is 29.1 Å². The van der Waals surface area contributed by atoms with E-state index in [9.17, 15) is 29.4 Å². The number of oxime groups is 1. The SMILES string of the molecule is CC(C)(O/N=C(\C(=O)N[C@@H]1C(=O)N2C(C(=O)[O-])=C(C[n+]3ccccc3)CS[C@H]12)c1csc(N)n1)C(=O)O.[Na+]. The van der Waals surface area contributed by atoms with Crippen molar-refractivity contribution in [2.75, 3.05) is 11.5 Å². The molecule has 38 heavy (non-hydrogen) atoms. The molecule has 0 unspecified atom stereocenters. The number of nitrogen functional groups attached to an aromatic ring is 1. The first-order chi connectivity index (χ1) is 17.5. The van der Waals surface area contributed by atoms with Crippen LogP contribution in [0.25, 0.3) is 0 Å². The van der Waals surface area contributed by atoms with Crippen LogP contribution in [0.4, 0.5) is 5.13 Å². The number of carbonyl (C=O) groups excluding carboxylic acids is 3. The predicted octanol–water partition coefficient (Wildman–Crippen LogP) is -4.30. The number of thioether (sulfide) groups is 1. The zero-order chi connectivity index (χ0) is 26.9. The molecule has 1 fully saturated rings. The van der Waals surface area contributed by atoms with Crippen molar-refractivity contribution in [3.63, 3.8) is 0 Å². The molecular formula is C22H22N6NaO7S2+. The average molecular weight is 570 g/mol. The third kappa shape index (κ3) is 6.02. The van der Waals surface area contributed by atoms with Crippen LogP contribution in [0.5, 0.6) is 0 Å². The van der Waals surface area contributed by atoms with Crippen LogP contribution in [0.15, 0.2) is 52.4 Å². The number of nitrogens with two attached hydrogens (primary N) is 1. The molecule has 2 amide bonds. The molecule has 4 N–H and O–H groups in total. The Balaban J connectivity index is 0.00000400. The molecule has 1 saturated heterocycles. The molecule has 16 heteroatoms. The van der Waals surface area contributed by atoms with Gasteiger partial charge < -0.3 is 30.9 Å². The van der Waals surface area contributed by atoms with Gasteiger partial charge >= 0.3 is 35.5 Å². The first-order valence-electron chi connectivity index (χ1n) is 10.8. The number of nitrogens with one attached hydrogen (secondary N) is 1. The van der Waals surface area contributed by atoms with Crippen LogP contribution < -0.4 is 50.3 Å². The van der Waals surface area contributed by atoms with Gasteiger partial charge in [0.15, 0.2) is 29.8 Å². The first-order valence-corrected chi connectivity index (χ1v) is 12.8. The van der Waals surface area contributed by atoms with Crippen LogP contribution in [-0.4, -0.2) is 67.2 Å². The van der Waals surface area contributed by atoms with Crippen molar-refractivity contribution in [2.45, 2.75) is 37.4 Å². The minimum atomic E-state index is -1.75. The number of hydrogen-bond acceptors (Lipinski definition) is 11. The molecule has 4 rings (SSSR count). The number of carboxylic acid groups (broad SMARTS) is 2. The van der Waals surface area contributed by atoms with Crippen molar-refractivity contribution in [3.05, 3.63) is 52.9 Å². The summed E-state index contributed by atoms with van der Waals surface area (Å²) in [4.78, 5) is 59.6. The van der Waals surface area contributed by atoms with E-state index in [1.807, 2.05) is 6.07 Å². The summed E-state index contributed by atoms with van der Waals surface area (Å²) >= 11 is 2.32. The minimum Gasteiger partial charge on any atom is -0.543 e. The van der Waals surface area contributed by atoms with Gasteiger partial charge in [0.1, 0.15) is 17.1 Å². The van der Waals surface area contributed by atoms with E-state index in [-0.39, 0.29) is 58.3 Å². The number of pyridine rings is 1. The molecule has 0 spiro atoms. The fraction of sp³-hybridized carbons (Fsp3) is 0.318. The van der Waals surface area contributed by atoms with Crippen molar-refractivity contribution in [1.82, 2.24) is 15.2 Å². The number of amides is 2. The average Bonchev–Trinajstić information content (AvgIpc) is 3.28. The van der Waals surface area contributed by atoms with Crippen molar-refractivity contribution in [3.8, 4) is 0 Å². The van der Waals surface area contributed by atoms with Crippen LogP contribution in [0.3, 0.4) is 0 Å². The topological polar surface area (TPSA) is 191 Å². The summed E-state index contributed by atoms with van der Waals surface area (Å²) in [6.07, 6.45) is 3.55. The van der Waals surface area contributed by atoms with E-state index in [2.05, 4.69) is 15.5 Å². The predicted molar refractivity (Wildman–Crippen MR) is 130 cm³/mol. The number of aliphatic carboxylic acids is 2. The fourth-order valence-electron chi connectivity index (χ4n) is 3.56. The fourth-order valence-corrected chi connectivity index (χ4v) is 5.45. The summed E-state index contributed by atoms with van der Waals surface area (Å²) in [6, 6.07) is 4.36. The maximum Gasteiger partial charge on any atom is 1.00 e. The molecule has 0 aliphatic carbocycles. The Bertz CT molecular complexity index is 1330. The third-order valence-corrected chi connectivity index (χ3v) is 7.55. The van der Waals surface area contributed by atoms with E-state index in [0.29, 0.717) is 11.3 Å². The second-order valence-electron chi connectivity index (χ2n) is 8.57. The number of hydrogen-bond donors (Lipinski definition) is 3. The van der Waals surface area contributed by atoms with Gasteiger partial charge in [0.05, 0.1) is 11.7 Å². The smallest absolute Gasteiger partial charge is 0.543 e. The number of anilines is 1. The monoisotopic (exact) mass is 569 g/mol. The van der Waals surface area contributed by atoms with E-state index in [4.69, 9.17) is 10.6 Å². The number of carbonyl (C=O) groups is 4. The van der Waals surface area contributed by atoms with Gasteiger partial charge in [-0.1, -0.05) is 11.2 Å². The standard InChI is InChI=1S/C22H22N6O7S2.Na/c1-22(2,20(33)34)35-26-13(12-10-37-21(23)24-12)16(29)25-14-17(30)28-15(19(31)32)11(9-36-18(14)28)8-27-6-4-3-5-7-27;/h3-7,10,14,18H,8-9H2,1-2H3,(H4-,23,24,25,29,31,32,33,34);/q;+1/b26-13-;/t14-,18-;/m1./s1. The van der Waals surface area contributed by atoms with Gasteiger partial charge in [0, 0.05) is 28.8 Å². The molecule has 13 nitrogen and oxygen atoms in total. The molecular weight excluding hydrogens is 547 g/mol. The van der Waals surface area contributed by atoms with Crippen molar-refractivity contribution in [1.29, 1.82) is 0 Å². The molecule has 194 valence electrons. The van der Waals surface area contributed by atoms with Crippen molar-refractivity contribution < 1.29 is 68.4 Å². The largest absolute Gasteiger partial charge is 1.00 e. The Morgan fingerprint density at radius 1 is 1.34 bits per heavy atom. The zero-order valence-electron chi connectivity index (χ0n) is 20.6. The van der Waals surface area contributed by atoms with Gasteiger partial charge in [0.2, 0.25) is 5.60 Å². The van der Waals surface area contributed by atoms with E-state index in [0.717, 1.165) is 16.2 Å². The number of β-lactam (4-membered cyclic amide) rings is 1. The first kappa shape index (κ1) is 29.6. The molecule has 0 bridgehead atoms. The summed E-state index contributed by atoms with van der Waals surface area (Å²) < 4.78 is 1.78. The molecule has 2 atom stereocenters. The molecule has 2 aromatic rings. The second kappa shape index (κ2) is 11.8. The zero-order valence-corrected chi connectivity index (χ0v) is 24.2. The number of carboxylic acids is 2. The van der Waals surface area contributed by atoms with Crippen LogP contribution in [0.1, 0.15) is 19.5 Å². The Labute approximate surface area is 247 Å². The van der Waals surface area contributed by atoms with Gasteiger partial charge in [0.25, 0.3) is 11.8 Å². The summed E-state index contributed by atoms with van der Waals surface area (Å²) in [5.74, 6) is -4.01. The minimum absolute atomic E-state index is 0. The van der Waals surface area contributed by atoms with Crippen LogP contribution in [-0.2, 0) is 30.6 Å². The molecule has 2 aliphatic heterocycles. The Hall–Kier alpha value is -2.98. The Morgan fingerprint density at radius 3 is 2.61 bits per heavy atom. The quantitative estimate of drug-likeness (QED) is 0.0875. The molecule has 0 aromatic carbocycles. The summed E-state index contributed by atoms with van der Waals surface area (Å²) in [6.45, 7) is 2.74. The van der Waals surface area contributed by atoms with Gasteiger partial charge in [-0.2, -0.15) is 0 Å². The van der Waals surface area contributed by atoms with Crippen LogP contribution >= 0.6 is 23.1 Å². The van der Waals surface area contributed by atoms with Crippen LogP contribution in [0.2, 0.25) is 0 Å². The van der Waals surface area contributed by atoms with Crippen LogP contribution in [0, 0.1) is 0 Å². The van der Waals surface area contributed by atoms with Crippen molar-refractivity contribution >= 4 is 57.7 Å². The third-order valence-electron chi connectivity index (χ3n) is 5.54. The maximum atomic E-state index is 13.1. The second-order valence-corrected chi connectivity index (χ2v) is 10.6. The van der Waals surface area contributed by atoms with Gasteiger partial charge in [-0.15, -0.1) is 23.1 Å². The molecule has 2 aliphatic rings. The number of fused-ring (bicyclic) bond motifs is 1. The normalized spacial score (nSPS) is 19.2. The summed E-state index contributed by atoms with van der Waals surface area (Å²) in [5, 5.41) is 28.4.